The number of carboxylic acid groups (broad SMARTS) is 1. The number of para-hydroxylation sites is 1. The zero-order chi connectivity index (χ0) is 34.0. The fraction of sp³-hybridized carbons (Fsp3) is 0.419. The van der Waals surface area contributed by atoms with Gasteiger partial charge < -0.3 is 33.8 Å². The summed E-state index contributed by atoms with van der Waals surface area (Å²) in [6.45, 7) is 5.27. The Morgan fingerprint density at radius 1 is 1.13 bits per heavy atom. The molecule has 0 aliphatic carbocycles. The van der Waals surface area contributed by atoms with E-state index in [0.29, 0.717) is 61.7 Å². The van der Waals surface area contributed by atoms with Gasteiger partial charge in [0.15, 0.2) is 11.4 Å². The second-order valence-corrected chi connectivity index (χ2v) is 11.0. The molecule has 3 aliphatic heterocycles. The first-order chi connectivity index (χ1) is 22.4. The number of furan rings is 1. The molecule has 11 nitrogen and oxygen atoms in total. The van der Waals surface area contributed by atoms with Crippen LogP contribution in [0.5, 0.6) is 0 Å². The predicted octanol–water partition coefficient (Wildman–Crippen LogP) is 4.68. The van der Waals surface area contributed by atoms with Gasteiger partial charge in [-0.15, -0.1) is 6.42 Å². The number of morpholine rings is 1. The van der Waals surface area contributed by atoms with E-state index in [1.165, 1.54) is 0 Å². The van der Waals surface area contributed by atoms with Crippen molar-refractivity contribution in [1.82, 2.24) is 15.0 Å². The lowest BCUT2D eigenvalue weighted by Crippen LogP contribution is -2.68. The van der Waals surface area contributed by atoms with Crippen LogP contribution in [-0.2, 0) is 20.2 Å². The summed E-state index contributed by atoms with van der Waals surface area (Å²) in [6.07, 6.45) is 2.77. The van der Waals surface area contributed by atoms with Crippen LogP contribution in [0.15, 0.2) is 45.7 Å². The fourth-order valence-corrected chi connectivity index (χ4v) is 5.66. The summed E-state index contributed by atoms with van der Waals surface area (Å²) in [5.41, 5.74) is 1.33. The molecule has 1 spiro atoms. The highest BCUT2D eigenvalue weighted by molar-refractivity contribution is 6.05. The molecule has 4 aromatic rings. The molecule has 16 heteroatoms. The van der Waals surface area contributed by atoms with Crippen LogP contribution in [0.4, 0.5) is 33.5 Å². The van der Waals surface area contributed by atoms with Crippen molar-refractivity contribution in [3.63, 3.8) is 0 Å². The first-order valence-electron chi connectivity index (χ1n) is 14.5. The summed E-state index contributed by atoms with van der Waals surface area (Å²) in [5, 5.41) is 7.26. The van der Waals surface area contributed by atoms with Crippen molar-refractivity contribution in [1.29, 1.82) is 0 Å². The number of H-pyrrole nitrogens is 1. The molecule has 3 saturated heterocycles. The van der Waals surface area contributed by atoms with Gasteiger partial charge >= 0.3 is 12.1 Å². The topological polar surface area (TPSA) is 134 Å². The number of hydrogen-bond donors (Lipinski definition) is 2. The minimum absolute atomic E-state index is 0.0161. The lowest BCUT2D eigenvalue weighted by Gasteiger charge is -2.53. The third kappa shape index (κ3) is 6.32. The molecule has 3 aromatic heterocycles. The molecule has 3 aliphatic rings. The zero-order valence-corrected chi connectivity index (χ0v) is 25.0. The Morgan fingerprint density at radius 2 is 1.81 bits per heavy atom. The van der Waals surface area contributed by atoms with E-state index in [1.54, 1.807) is 41.4 Å². The number of nitrogens with one attached hydrogen (secondary N) is 1. The average molecular weight is 664 g/mol. The molecule has 3 fully saturated rings. The molecule has 1 aromatic carbocycles. The molecule has 6 heterocycles. The van der Waals surface area contributed by atoms with Gasteiger partial charge in [-0.3, -0.25) is 9.59 Å². The number of rotatable bonds is 3. The van der Waals surface area contributed by atoms with Crippen molar-refractivity contribution in [2.24, 2.45) is 0 Å². The first-order valence-corrected chi connectivity index (χ1v) is 14.5. The SMILES string of the molecule is C#Cc1c[nH]c(=O)c(N2CCOC3(COC3)C2C)c1.FC(F)(F)C(F)(F)c1nc(N2CCCC2)c2oc3ccccc3c2n1.O=CO. The van der Waals surface area contributed by atoms with Crippen molar-refractivity contribution >= 4 is 40.0 Å². The molecule has 1 atom stereocenters. The van der Waals surface area contributed by atoms with Gasteiger partial charge in [0.05, 0.1) is 25.9 Å². The molecule has 0 bridgehead atoms. The number of carbonyl (C=O) groups is 1. The van der Waals surface area contributed by atoms with Crippen LogP contribution in [0.25, 0.3) is 22.1 Å². The minimum atomic E-state index is -5.78. The van der Waals surface area contributed by atoms with Crippen molar-refractivity contribution < 1.29 is 45.7 Å². The second kappa shape index (κ2) is 13.2. The van der Waals surface area contributed by atoms with Gasteiger partial charge in [-0.1, -0.05) is 18.1 Å². The summed E-state index contributed by atoms with van der Waals surface area (Å²) < 4.78 is 82.9. The summed E-state index contributed by atoms with van der Waals surface area (Å²) in [4.78, 5) is 33.9. The highest BCUT2D eigenvalue weighted by Crippen LogP contribution is 2.44. The highest BCUT2D eigenvalue weighted by atomic mass is 19.4. The number of ether oxygens (including phenoxy) is 2. The van der Waals surface area contributed by atoms with Gasteiger partial charge in [0.1, 0.15) is 22.4 Å². The molecule has 47 heavy (non-hydrogen) atoms. The fourth-order valence-electron chi connectivity index (χ4n) is 5.66. The van der Waals surface area contributed by atoms with Crippen molar-refractivity contribution in [3.8, 4) is 12.3 Å². The normalized spacial score (nSPS) is 19.0. The average Bonchev–Trinajstić information content (AvgIpc) is 3.69. The van der Waals surface area contributed by atoms with E-state index >= 15 is 0 Å². The van der Waals surface area contributed by atoms with Crippen LogP contribution < -0.4 is 15.4 Å². The van der Waals surface area contributed by atoms with E-state index in [4.69, 9.17) is 30.2 Å². The minimum Gasteiger partial charge on any atom is -0.483 e. The third-order valence-corrected chi connectivity index (χ3v) is 8.25. The maximum atomic E-state index is 13.9. The number of aromatic amines is 1. The predicted molar refractivity (Wildman–Crippen MR) is 161 cm³/mol. The monoisotopic (exact) mass is 663 g/mol. The van der Waals surface area contributed by atoms with Gasteiger partial charge in [-0.25, -0.2) is 9.97 Å². The Labute approximate surface area is 264 Å². The number of terminal acetylenes is 1. The van der Waals surface area contributed by atoms with Crippen molar-refractivity contribution in [3.05, 3.63) is 58.3 Å². The standard InChI is InChI=1S/C16H12F5N3O.C14H16N2O3.CH2O2/c17-15(18,16(19,20)21)14-22-11-9-5-1-2-6-10(9)25-12(11)13(23-14)24-7-3-4-8-24;1-3-11-6-12(13(17)15-7-11)16-4-5-19-14(10(16)2)8-18-9-14;2-1-3/h1-2,5-6H,3-4,7-8H2;1,6-7,10H,4-5,8-9H2,2H3,(H,15,17);1H,(H,2,3). The van der Waals surface area contributed by atoms with Crippen LogP contribution in [0.3, 0.4) is 0 Å². The van der Waals surface area contributed by atoms with Crippen molar-refractivity contribution in [2.45, 2.75) is 43.5 Å². The Morgan fingerprint density at radius 3 is 2.43 bits per heavy atom. The van der Waals surface area contributed by atoms with Gasteiger partial charge in [-0.05, 0) is 38.0 Å². The van der Waals surface area contributed by atoms with Gasteiger partial charge in [0.2, 0.25) is 5.82 Å². The molecule has 0 radical (unpaired) electrons. The maximum absolute atomic E-state index is 13.9. The summed E-state index contributed by atoms with van der Waals surface area (Å²) >= 11 is 0. The molecule has 2 N–H and O–H groups in total. The molecule has 0 amide bonds. The first kappa shape index (κ1) is 33.6. The van der Waals surface area contributed by atoms with Crippen LogP contribution in [0.2, 0.25) is 0 Å². The number of aromatic nitrogens is 3. The maximum Gasteiger partial charge on any atom is 0.461 e. The van der Waals surface area contributed by atoms with Gasteiger partial charge in [-0.2, -0.15) is 22.0 Å². The van der Waals surface area contributed by atoms with E-state index in [0.717, 1.165) is 12.8 Å². The van der Waals surface area contributed by atoms with Crippen LogP contribution in [-0.4, -0.2) is 83.8 Å². The lowest BCUT2D eigenvalue weighted by atomic mass is 9.90. The molecule has 1 unspecified atom stereocenters. The second-order valence-electron chi connectivity index (χ2n) is 11.0. The Bertz CT molecular complexity index is 1840. The molecule has 7 rings (SSSR count). The van der Waals surface area contributed by atoms with Crippen LogP contribution in [0, 0.1) is 12.3 Å². The van der Waals surface area contributed by atoms with Crippen LogP contribution >= 0.6 is 0 Å². The number of anilines is 2. The molecule has 250 valence electrons. The molecular weight excluding hydrogens is 633 g/mol. The van der Waals surface area contributed by atoms with E-state index in [9.17, 15) is 26.7 Å². The smallest absolute Gasteiger partial charge is 0.461 e. The van der Waals surface area contributed by atoms with Crippen molar-refractivity contribution in [2.75, 3.05) is 49.3 Å². The largest absolute Gasteiger partial charge is 0.483 e. The number of halogens is 5. The number of nitrogens with zero attached hydrogens (tertiary/aromatic N) is 4. The van der Waals surface area contributed by atoms with Gasteiger partial charge in [0.25, 0.3) is 12.0 Å². The Hall–Kier alpha value is -4.75. The highest BCUT2D eigenvalue weighted by Gasteiger charge is 2.61. The number of benzene rings is 1. The Balaban J connectivity index is 0.000000176. The molecular formula is C31H30F5N5O6. The third-order valence-electron chi connectivity index (χ3n) is 8.25. The molecule has 0 saturated carbocycles. The van der Waals surface area contributed by atoms with E-state index in [1.807, 2.05) is 0 Å². The lowest BCUT2D eigenvalue weighted by molar-refractivity contribution is -0.292. The van der Waals surface area contributed by atoms with E-state index in [-0.39, 0.29) is 40.6 Å². The number of hydrogen-bond acceptors (Lipinski definition) is 9. The number of fused-ring (bicyclic) bond motifs is 3. The Kier molecular flexibility index (Phi) is 9.41. The summed E-state index contributed by atoms with van der Waals surface area (Å²) in [6, 6.07) is 8.33. The quantitative estimate of drug-likeness (QED) is 0.181. The van der Waals surface area contributed by atoms with E-state index in [2.05, 4.69) is 32.7 Å². The summed E-state index contributed by atoms with van der Waals surface area (Å²) in [5.74, 6) is -4.17. The van der Waals surface area contributed by atoms with Gasteiger partial charge in [0, 0.05) is 36.8 Å². The van der Waals surface area contributed by atoms with E-state index < -0.39 is 17.9 Å². The number of pyridine rings is 1. The van der Waals surface area contributed by atoms with Crippen LogP contribution in [0.1, 0.15) is 31.2 Å². The number of alkyl halides is 5. The zero-order valence-electron chi connectivity index (χ0n) is 25.0. The summed E-state index contributed by atoms with van der Waals surface area (Å²) in [7, 11) is 0.